The summed E-state index contributed by atoms with van der Waals surface area (Å²) in [5.74, 6) is 0. The molecular formula is C8H19B. The van der Waals surface area contributed by atoms with E-state index in [9.17, 15) is 0 Å². The highest BCUT2D eigenvalue weighted by Crippen LogP contribution is 1.86. The number of hydrogen-bond acceptors (Lipinski definition) is 0. The monoisotopic (exact) mass is 126 g/mol. The third-order valence-corrected chi connectivity index (χ3v) is 1.06. The van der Waals surface area contributed by atoms with Crippen molar-refractivity contribution in [1.82, 2.24) is 0 Å². The highest BCUT2D eigenvalue weighted by atomic mass is 13.7. The molecule has 0 heterocycles. The van der Waals surface area contributed by atoms with Crippen LogP contribution in [0.1, 0.15) is 46.5 Å². The minimum absolute atomic E-state index is 0.844. The first-order valence-corrected chi connectivity index (χ1v) is 4.03. The van der Waals surface area contributed by atoms with Crippen molar-refractivity contribution in [1.29, 1.82) is 0 Å². The smallest absolute Gasteiger partial charge is 0.0652 e. The topological polar surface area (TPSA) is 0 Å². The Morgan fingerprint density at radius 3 is 1.33 bits per heavy atom. The summed E-state index contributed by atoms with van der Waals surface area (Å²) in [6.07, 6.45) is 5.87. The molecule has 0 unspecified atom stereocenters. The maximum atomic E-state index is 5.14. The molecule has 0 nitrogen and oxygen atoms in total. The fraction of sp³-hybridized carbons (Fsp3) is 1.00. The Hall–Kier alpha value is 0.0649. The third-order valence-electron chi connectivity index (χ3n) is 1.06. The number of rotatable bonds is 3. The van der Waals surface area contributed by atoms with Crippen molar-refractivity contribution in [2.75, 3.05) is 0 Å². The first-order chi connectivity index (χ1) is 4.33. The summed E-state index contributed by atoms with van der Waals surface area (Å²) in [7, 11) is 5.14. The van der Waals surface area contributed by atoms with Crippen LogP contribution in [0.2, 0.25) is 6.32 Å². The van der Waals surface area contributed by atoms with Gasteiger partial charge in [-0.1, -0.05) is 52.8 Å². The van der Waals surface area contributed by atoms with E-state index in [0.29, 0.717) is 0 Å². The molecule has 0 rings (SSSR count). The molecule has 0 bridgehead atoms. The standard InChI is InChI=1S/C4H9B.C4H10/c1-2-3-4-5;1-3-4-2/h2-4H2,1H3;3-4H2,1-2H3. The van der Waals surface area contributed by atoms with Gasteiger partial charge in [-0.05, 0) is 0 Å². The Bertz CT molecular complexity index is 23.7. The lowest BCUT2D eigenvalue weighted by molar-refractivity contribution is 0.884. The zero-order valence-electron chi connectivity index (χ0n) is 7.11. The molecule has 0 saturated heterocycles. The second-order valence-corrected chi connectivity index (χ2v) is 2.14. The Labute approximate surface area is 61.5 Å². The van der Waals surface area contributed by atoms with Gasteiger partial charge in [-0.25, -0.2) is 0 Å². The van der Waals surface area contributed by atoms with Crippen LogP contribution < -0.4 is 0 Å². The van der Waals surface area contributed by atoms with E-state index in [2.05, 4.69) is 20.8 Å². The van der Waals surface area contributed by atoms with E-state index >= 15 is 0 Å². The van der Waals surface area contributed by atoms with Crippen molar-refractivity contribution in [2.45, 2.75) is 52.8 Å². The molecule has 0 aromatic carbocycles. The highest BCUT2D eigenvalue weighted by Gasteiger charge is 1.68. The molecule has 2 radical (unpaired) electrons. The Balaban J connectivity index is 0. The van der Waals surface area contributed by atoms with E-state index < -0.39 is 0 Å². The number of hydrogen-bond donors (Lipinski definition) is 0. The summed E-state index contributed by atoms with van der Waals surface area (Å²) < 4.78 is 0. The van der Waals surface area contributed by atoms with Gasteiger partial charge >= 0.3 is 0 Å². The fourth-order valence-electron chi connectivity index (χ4n) is 0.204. The van der Waals surface area contributed by atoms with E-state index in [0.717, 1.165) is 6.32 Å². The van der Waals surface area contributed by atoms with Crippen molar-refractivity contribution in [3.63, 3.8) is 0 Å². The molecule has 0 saturated carbocycles. The second kappa shape index (κ2) is 15.7. The van der Waals surface area contributed by atoms with Gasteiger partial charge in [0.15, 0.2) is 0 Å². The van der Waals surface area contributed by atoms with Crippen LogP contribution in [-0.2, 0) is 0 Å². The van der Waals surface area contributed by atoms with Crippen LogP contribution in [0.5, 0.6) is 0 Å². The van der Waals surface area contributed by atoms with Crippen LogP contribution in [0.25, 0.3) is 0 Å². The van der Waals surface area contributed by atoms with E-state index in [1.54, 1.807) is 0 Å². The summed E-state index contributed by atoms with van der Waals surface area (Å²) in [6, 6.07) is 0. The molecule has 0 amide bonds. The molecule has 1 heteroatoms. The van der Waals surface area contributed by atoms with Gasteiger partial charge < -0.3 is 0 Å². The Morgan fingerprint density at radius 1 is 0.889 bits per heavy atom. The van der Waals surface area contributed by atoms with Gasteiger partial charge in [-0.2, -0.15) is 0 Å². The average Bonchev–Trinajstić information content (AvgIpc) is 1.91. The first-order valence-electron chi connectivity index (χ1n) is 4.03. The van der Waals surface area contributed by atoms with E-state index in [1.807, 2.05) is 0 Å². The van der Waals surface area contributed by atoms with Gasteiger partial charge in [0, 0.05) is 0 Å². The van der Waals surface area contributed by atoms with Crippen molar-refractivity contribution in [2.24, 2.45) is 0 Å². The quantitative estimate of drug-likeness (QED) is 0.509. The first kappa shape index (κ1) is 11.8. The summed E-state index contributed by atoms with van der Waals surface area (Å²) in [5.41, 5.74) is 0. The van der Waals surface area contributed by atoms with E-state index in [-0.39, 0.29) is 0 Å². The largest absolute Gasteiger partial charge is 0.0887 e. The SMILES string of the molecule is CCCC.[B]CCCC. The summed E-state index contributed by atoms with van der Waals surface area (Å²) >= 11 is 0. The molecule has 0 aliphatic carbocycles. The van der Waals surface area contributed by atoms with E-state index in [1.165, 1.54) is 25.7 Å². The molecule has 0 aromatic rings. The molecule has 0 spiro atoms. The third kappa shape index (κ3) is 31.6. The molecule has 54 valence electrons. The summed E-state index contributed by atoms with van der Waals surface area (Å²) in [6.45, 7) is 6.49. The molecule has 0 aliphatic rings. The van der Waals surface area contributed by atoms with Crippen molar-refractivity contribution in [3.05, 3.63) is 0 Å². The lowest BCUT2D eigenvalue weighted by Gasteiger charge is -1.79. The molecule has 0 fully saturated rings. The highest BCUT2D eigenvalue weighted by molar-refractivity contribution is 6.08. The minimum Gasteiger partial charge on any atom is -0.0887 e. The van der Waals surface area contributed by atoms with Gasteiger partial charge in [0.1, 0.15) is 0 Å². The molecular weight excluding hydrogens is 107 g/mol. The maximum Gasteiger partial charge on any atom is 0.0652 e. The predicted octanol–water partition coefficient (Wildman–Crippen LogP) is 3.18. The van der Waals surface area contributed by atoms with Crippen LogP contribution in [0.15, 0.2) is 0 Å². The average molecular weight is 126 g/mol. The lowest BCUT2D eigenvalue weighted by atomic mass is 10.0. The molecule has 0 aliphatic heterocycles. The van der Waals surface area contributed by atoms with Crippen molar-refractivity contribution < 1.29 is 0 Å². The minimum atomic E-state index is 0.844. The van der Waals surface area contributed by atoms with Crippen LogP contribution in [0, 0.1) is 0 Å². The molecule has 0 N–H and O–H groups in total. The van der Waals surface area contributed by atoms with Crippen molar-refractivity contribution >= 4 is 7.85 Å². The maximum absolute atomic E-state index is 5.14. The van der Waals surface area contributed by atoms with Gasteiger partial charge in [-0.3, -0.25) is 0 Å². The van der Waals surface area contributed by atoms with Crippen LogP contribution in [-0.4, -0.2) is 7.85 Å². The summed E-state index contributed by atoms with van der Waals surface area (Å²) in [4.78, 5) is 0. The second-order valence-electron chi connectivity index (χ2n) is 2.14. The van der Waals surface area contributed by atoms with Crippen LogP contribution in [0.3, 0.4) is 0 Å². The van der Waals surface area contributed by atoms with Gasteiger partial charge in [-0.15, -0.1) is 0 Å². The molecule has 0 aromatic heterocycles. The fourth-order valence-corrected chi connectivity index (χ4v) is 0.204. The molecule has 0 atom stereocenters. The van der Waals surface area contributed by atoms with Gasteiger partial charge in [0.2, 0.25) is 0 Å². The van der Waals surface area contributed by atoms with E-state index in [4.69, 9.17) is 7.85 Å². The Kier molecular flexibility index (Phi) is 20.6. The lowest BCUT2D eigenvalue weighted by Crippen LogP contribution is -1.63. The normalized spacial score (nSPS) is 7.89. The summed E-state index contributed by atoms with van der Waals surface area (Å²) in [5, 5.41) is 0. The van der Waals surface area contributed by atoms with Gasteiger partial charge in [0.05, 0.1) is 7.85 Å². The van der Waals surface area contributed by atoms with Gasteiger partial charge in [0.25, 0.3) is 0 Å². The zero-order chi connectivity index (χ0) is 7.54. The Morgan fingerprint density at radius 2 is 1.33 bits per heavy atom. The number of unbranched alkanes of at least 4 members (excludes halogenated alkanes) is 2. The predicted molar refractivity (Wildman–Crippen MR) is 46.1 cm³/mol. The van der Waals surface area contributed by atoms with Crippen LogP contribution in [0.4, 0.5) is 0 Å². The van der Waals surface area contributed by atoms with Crippen molar-refractivity contribution in [3.8, 4) is 0 Å². The van der Waals surface area contributed by atoms with Crippen LogP contribution >= 0.6 is 0 Å². The zero-order valence-corrected chi connectivity index (χ0v) is 7.11. The molecule has 9 heavy (non-hydrogen) atoms.